The van der Waals surface area contributed by atoms with Crippen LogP contribution in [0.5, 0.6) is 0 Å². The van der Waals surface area contributed by atoms with E-state index in [1.54, 1.807) is 0 Å². The van der Waals surface area contributed by atoms with Gasteiger partial charge < -0.3 is 10.1 Å². The molecule has 36 heavy (non-hydrogen) atoms. The number of ketones is 1. The third kappa shape index (κ3) is 8.68. The third-order valence-corrected chi connectivity index (χ3v) is 6.15. The molecule has 0 aliphatic heterocycles. The van der Waals surface area contributed by atoms with E-state index in [9.17, 15) is 9.90 Å². The number of aliphatic hydroxyl groups is 1. The zero-order chi connectivity index (χ0) is 26.6. The molecule has 0 bridgehead atoms. The van der Waals surface area contributed by atoms with E-state index in [1.165, 1.54) is 28.0 Å². The number of pyridine rings is 1. The van der Waals surface area contributed by atoms with E-state index < -0.39 is 5.41 Å². The van der Waals surface area contributed by atoms with Gasteiger partial charge in [0.25, 0.3) is 0 Å². The normalized spacial score (nSPS) is 12.9. The summed E-state index contributed by atoms with van der Waals surface area (Å²) in [5, 5.41) is 12.0. The van der Waals surface area contributed by atoms with Crippen molar-refractivity contribution in [2.45, 2.75) is 81.6 Å². The molecule has 0 amide bonds. The van der Waals surface area contributed by atoms with E-state index in [4.69, 9.17) is 0 Å². The molecular weight excluding hydrogens is 623 g/mol. The average molecular weight is 665 g/mol. The Morgan fingerprint density at radius 2 is 1.67 bits per heavy atom. The van der Waals surface area contributed by atoms with Crippen LogP contribution >= 0.6 is 0 Å². The average Bonchev–Trinajstić information content (AvgIpc) is 2.76. The molecule has 4 heteroatoms. The molecule has 0 aliphatic rings. The minimum absolute atomic E-state index is 0. The van der Waals surface area contributed by atoms with Crippen molar-refractivity contribution in [2.24, 2.45) is 10.8 Å². The Bertz CT molecular complexity index is 1190. The summed E-state index contributed by atoms with van der Waals surface area (Å²) in [5.41, 5.74) is 5.16. The topological polar surface area (TPSA) is 50.2 Å². The van der Waals surface area contributed by atoms with Gasteiger partial charge in [0.1, 0.15) is 5.76 Å². The van der Waals surface area contributed by atoms with Gasteiger partial charge in [0.2, 0.25) is 0 Å². The van der Waals surface area contributed by atoms with Crippen LogP contribution in [0.25, 0.3) is 22.0 Å². The molecule has 0 aliphatic carbocycles. The molecule has 2 aromatic carbocycles. The molecular formula is C32H42IrNO2-. The van der Waals surface area contributed by atoms with Gasteiger partial charge in [-0.2, -0.15) is 0 Å². The minimum atomic E-state index is -0.417. The Hall–Kier alpha value is -2.29. The number of hydrogen-bond donors (Lipinski definition) is 1. The quantitative estimate of drug-likeness (QED) is 0.172. The predicted molar refractivity (Wildman–Crippen MR) is 149 cm³/mol. The van der Waals surface area contributed by atoms with Crippen molar-refractivity contribution >= 4 is 16.6 Å². The molecule has 197 valence electrons. The molecule has 1 radical (unpaired) electrons. The molecule has 0 fully saturated rings. The summed E-state index contributed by atoms with van der Waals surface area (Å²) in [4.78, 5) is 16.1. The predicted octanol–water partition coefficient (Wildman–Crippen LogP) is 8.92. The summed E-state index contributed by atoms with van der Waals surface area (Å²) in [7, 11) is 0. The van der Waals surface area contributed by atoms with Crippen LogP contribution in [0.2, 0.25) is 0 Å². The first-order chi connectivity index (χ1) is 16.1. The van der Waals surface area contributed by atoms with Crippen LogP contribution in [-0.4, -0.2) is 15.9 Å². The molecule has 1 atom stereocenters. The second-order valence-corrected chi connectivity index (χ2v) is 11.6. The number of aryl methyl sites for hydroxylation is 2. The fraction of sp³-hybridized carbons (Fsp3) is 0.438. The Labute approximate surface area is 231 Å². The van der Waals surface area contributed by atoms with Gasteiger partial charge >= 0.3 is 0 Å². The molecule has 1 N–H and O–H groups in total. The Balaban J connectivity index is 0.000000402. The molecule has 3 rings (SSSR count). The summed E-state index contributed by atoms with van der Waals surface area (Å²) in [6.45, 7) is 19.8. The number of carbonyl (C=O) groups is 1. The molecule has 3 aromatic rings. The fourth-order valence-electron chi connectivity index (χ4n) is 3.53. The van der Waals surface area contributed by atoms with Gasteiger partial charge in [0, 0.05) is 43.2 Å². The summed E-state index contributed by atoms with van der Waals surface area (Å²) in [6.07, 6.45) is 4.40. The van der Waals surface area contributed by atoms with Crippen LogP contribution in [0, 0.1) is 30.7 Å². The van der Waals surface area contributed by atoms with E-state index >= 15 is 0 Å². The largest absolute Gasteiger partial charge is 0.512 e. The maximum Gasteiger partial charge on any atom is 0.164 e. The van der Waals surface area contributed by atoms with Crippen molar-refractivity contribution < 1.29 is 30.0 Å². The van der Waals surface area contributed by atoms with Crippen LogP contribution in [0.1, 0.15) is 84.4 Å². The number of nitrogens with zero attached hydrogens (tertiary/aromatic N) is 1. The zero-order valence-electron chi connectivity index (χ0n) is 23.5. The molecule has 1 heterocycles. The van der Waals surface area contributed by atoms with Crippen LogP contribution in [0.15, 0.2) is 54.4 Å². The maximum absolute atomic E-state index is 11.5. The number of carbonyl (C=O) groups excluding carboxylic acids is 1. The Morgan fingerprint density at radius 3 is 2.19 bits per heavy atom. The maximum atomic E-state index is 11.5. The Morgan fingerprint density at radius 1 is 1.03 bits per heavy atom. The van der Waals surface area contributed by atoms with Crippen molar-refractivity contribution in [3.05, 3.63) is 77.2 Å². The van der Waals surface area contributed by atoms with Crippen LogP contribution in [-0.2, 0) is 24.9 Å². The van der Waals surface area contributed by atoms with Gasteiger partial charge in [-0.15, -0.1) is 34.9 Å². The van der Waals surface area contributed by atoms with Crippen LogP contribution < -0.4 is 0 Å². The van der Waals surface area contributed by atoms with Gasteiger partial charge in [-0.05, 0) is 40.4 Å². The van der Waals surface area contributed by atoms with Crippen molar-refractivity contribution in [3.63, 3.8) is 0 Å². The van der Waals surface area contributed by atoms with E-state index in [0.717, 1.165) is 23.2 Å². The van der Waals surface area contributed by atoms with Gasteiger partial charge in [-0.25, -0.2) is 0 Å². The first-order valence-electron chi connectivity index (χ1n) is 12.5. The summed E-state index contributed by atoms with van der Waals surface area (Å²) in [5.74, 6) is 0.696. The summed E-state index contributed by atoms with van der Waals surface area (Å²) in [6, 6.07) is 16.6. The first kappa shape index (κ1) is 31.7. The summed E-state index contributed by atoms with van der Waals surface area (Å²) >= 11 is 0. The SMILES string of the molecule is CC(C)(C)C(=O)C=C(O)C(C)(C)C.CCC(C)c1ccc2c(-c3[c-]c(C)cc(C)c3)nccc2c1.[Ir]. The number of allylic oxidation sites excluding steroid dienone is 2. The zero-order valence-corrected chi connectivity index (χ0v) is 25.9. The number of aromatic nitrogens is 1. The van der Waals surface area contributed by atoms with Gasteiger partial charge in [0.05, 0.1) is 0 Å². The molecule has 0 saturated heterocycles. The number of aliphatic hydroxyl groups excluding tert-OH is 1. The molecule has 1 aromatic heterocycles. The number of rotatable bonds is 4. The van der Waals surface area contributed by atoms with Crippen molar-refractivity contribution in [1.82, 2.24) is 4.98 Å². The number of fused-ring (bicyclic) bond motifs is 1. The Kier molecular flexibility index (Phi) is 11.3. The molecule has 0 saturated carbocycles. The number of hydrogen-bond acceptors (Lipinski definition) is 3. The van der Waals surface area contributed by atoms with Crippen molar-refractivity contribution in [1.29, 1.82) is 0 Å². The second-order valence-electron chi connectivity index (χ2n) is 11.6. The van der Waals surface area contributed by atoms with Gasteiger partial charge in [0.15, 0.2) is 5.78 Å². The summed E-state index contributed by atoms with van der Waals surface area (Å²) < 4.78 is 0. The van der Waals surface area contributed by atoms with Crippen LogP contribution in [0.4, 0.5) is 0 Å². The standard InChI is InChI=1S/C21H22N.C11H20O2.Ir/c1-5-16(4)17-6-7-20-18(13-17)8-9-22-21(20)19-11-14(2)10-15(3)12-19;1-10(2,3)8(12)7-9(13)11(4,5)6;/h6-11,13,16H,5H2,1-4H3;7,12H,1-6H3;/q-1;;. The minimum Gasteiger partial charge on any atom is -0.512 e. The smallest absolute Gasteiger partial charge is 0.164 e. The molecule has 0 spiro atoms. The van der Waals surface area contributed by atoms with E-state index in [2.05, 4.69) is 75.1 Å². The van der Waals surface area contributed by atoms with E-state index in [-0.39, 0.29) is 37.1 Å². The van der Waals surface area contributed by atoms with Gasteiger partial charge in [-0.1, -0.05) is 87.4 Å². The van der Waals surface area contributed by atoms with Crippen molar-refractivity contribution in [2.75, 3.05) is 0 Å². The van der Waals surface area contributed by atoms with E-state index in [1.807, 2.05) is 47.7 Å². The second kappa shape index (κ2) is 12.8. The number of benzene rings is 2. The third-order valence-electron chi connectivity index (χ3n) is 6.15. The molecule has 1 unspecified atom stereocenters. The van der Waals surface area contributed by atoms with Gasteiger partial charge in [-0.3, -0.25) is 4.79 Å². The van der Waals surface area contributed by atoms with Crippen molar-refractivity contribution in [3.8, 4) is 11.3 Å². The monoisotopic (exact) mass is 665 g/mol. The first-order valence-corrected chi connectivity index (χ1v) is 12.5. The fourth-order valence-corrected chi connectivity index (χ4v) is 3.53. The van der Waals surface area contributed by atoms with Crippen LogP contribution in [0.3, 0.4) is 0 Å². The van der Waals surface area contributed by atoms with E-state index in [0.29, 0.717) is 5.92 Å². The molecule has 3 nitrogen and oxygen atoms in total.